The molecule has 0 saturated heterocycles. The van der Waals surface area contributed by atoms with Gasteiger partial charge in [0.05, 0.1) is 12.7 Å². The lowest BCUT2D eigenvalue weighted by Crippen LogP contribution is -2.11. The van der Waals surface area contributed by atoms with Crippen molar-refractivity contribution >= 4 is 22.7 Å². The maximum Gasteiger partial charge on any atom is 0.255 e. The topological polar surface area (TPSA) is 84.6 Å². The molecule has 2 N–H and O–H groups in total. The van der Waals surface area contributed by atoms with Crippen molar-refractivity contribution in [3.8, 4) is 23.0 Å². The number of oxazole rings is 1. The van der Waals surface area contributed by atoms with Gasteiger partial charge in [-0.15, -0.1) is 0 Å². The molecule has 0 unspecified atom stereocenters. The normalized spacial score (nSPS) is 10.7. The van der Waals surface area contributed by atoms with Crippen molar-refractivity contribution in [3.05, 3.63) is 72.3 Å². The highest BCUT2D eigenvalue weighted by Crippen LogP contribution is 2.33. The first-order valence-electron chi connectivity index (χ1n) is 8.28. The molecule has 0 aliphatic carbocycles. The van der Waals surface area contributed by atoms with Crippen LogP contribution in [-0.2, 0) is 0 Å². The molecule has 0 fully saturated rings. The van der Waals surface area contributed by atoms with Crippen LogP contribution in [0.2, 0.25) is 0 Å². The summed E-state index contributed by atoms with van der Waals surface area (Å²) in [7, 11) is 1.57. The molecule has 1 amide bonds. The molecule has 134 valence electrons. The number of hydrogen-bond acceptors (Lipinski definition) is 5. The second-order valence-electron chi connectivity index (χ2n) is 5.90. The molecule has 0 aliphatic rings. The zero-order valence-corrected chi connectivity index (χ0v) is 14.5. The average Bonchev–Trinajstić information content (AvgIpc) is 3.12. The van der Waals surface area contributed by atoms with Gasteiger partial charge in [-0.05, 0) is 48.5 Å². The van der Waals surface area contributed by atoms with Gasteiger partial charge in [-0.3, -0.25) is 4.79 Å². The minimum absolute atomic E-state index is 0.0333. The summed E-state index contributed by atoms with van der Waals surface area (Å²) in [5.41, 5.74) is 2.76. The quantitative estimate of drug-likeness (QED) is 0.561. The molecule has 4 rings (SSSR count). The van der Waals surface area contributed by atoms with E-state index in [0.29, 0.717) is 39.6 Å². The minimum atomic E-state index is -0.285. The summed E-state index contributed by atoms with van der Waals surface area (Å²) in [5, 5.41) is 13.1. The molecular formula is C21H16N2O4. The summed E-state index contributed by atoms with van der Waals surface area (Å²) < 4.78 is 10.8. The van der Waals surface area contributed by atoms with Crippen molar-refractivity contribution in [2.75, 3.05) is 12.4 Å². The highest BCUT2D eigenvalue weighted by Gasteiger charge is 2.14. The van der Waals surface area contributed by atoms with Gasteiger partial charge in [-0.2, -0.15) is 0 Å². The fraction of sp³-hybridized carbons (Fsp3) is 0.0476. The number of benzene rings is 3. The largest absolute Gasteiger partial charge is 0.507 e. The average molecular weight is 360 g/mol. The summed E-state index contributed by atoms with van der Waals surface area (Å²) in [4.78, 5) is 16.7. The lowest BCUT2D eigenvalue weighted by atomic mass is 10.1. The van der Waals surface area contributed by atoms with E-state index in [-0.39, 0.29) is 11.7 Å². The van der Waals surface area contributed by atoms with Gasteiger partial charge in [-0.25, -0.2) is 4.98 Å². The van der Waals surface area contributed by atoms with Crippen molar-refractivity contribution in [2.24, 2.45) is 0 Å². The number of aromatic hydroxyl groups is 1. The number of phenols is 1. The molecule has 4 aromatic rings. The summed E-state index contributed by atoms with van der Waals surface area (Å²) >= 11 is 0. The monoisotopic (exact) mass is 360 g/mol. The standard InChI is InChI=1S/C21H16N2O4/c1-26-15-9-6-13(7-10-15)20(25)22-14-8-11-16(18(24)12-14)21-23-17-4-2-3-5-19(17)27-21/h2-12,24H,1H3,(H,22,25). The van der Waals surface area contributed by atoms with E-state index >= 15 is 0 Å². The van der Waals surface area contributed by atoms with Crippen LogP contribution in [0.5, 0.6) is 11.5 Å². The fourth-order valence-electron chi connectivity index (χ4n) is 2.72. The van der Waals surface area contributed by atoms with Gasteiger partial charge in [0.25, 0.3) is 5.91 Å². The van der Waals surface area contributed by atoms with E-state index in [1.807, 2.05) is 24.3 Å². The van der Waals surface area contributed by atoms with Gasteiger partial charge in [0, 0.05) is 17.3 Å². The van der Waals surface area contributed by atoms with Crippen LogP contribution < -0.4 is 10.1 Å². The predicted molar refractivity (Wildman–Crippen MR) is 102 cm³/mol. The van der Waals surface area contributed by atoms with Crippen LogP contribution in [0.3, 0.4) is 0 Å². The van der Waals surface area contributed by atoms with Gasteiger partial charge in [0.2, 0.25) is 5.89 Å². The van der Waals surface area contributed by atoms with Gasteiger partial charge in [0.15, 0.2) is 5.58 Å². The second kappa shape index (κ2) is 6.84. The Morgan fingerprint density at radius 1 is 1.07 bits per heavy atom. The van der Waals surface area contributed by atoms with Crippen LogP contribution in [0.15, 0.2) is 71.1 Å². The van der Waals surface area contributed by atoms with Crippen molar-refractivity contribution < 1.29 is 19.1 Å². The van der Waals surface area contributed by atoms with Crippen molar-refractivity contribution in [1.29, 1.82) is 0 Å². The van der Waals surface area contributed by atoms with Crippen molar-refractivity contribution in [1.82, 2.24) is 4.98 Å². The number of anilines is 1. The molecule has 6 heteroatoms. The number of amides is 1. The lowest BCUT2D eigenvalue weighted by Gasteiger charge is -2.08. The zero-order chi connectivity index (χ0) is 18.8. The second-order valence-corrected chi connectivity index (χ2v) is 5.90. The molecule has 6 nitrogen and oxygen atoms in total. The highest BCUT2D eigenvalue weighted by molar-refractivity contribution is 6.04. The van der Waals surface area contributed by atoms with E-state index in [2.05, 4.69) is 10.3 Å². The van der Waals surface area contributed by atoms with E-state index in [1.54, 1.807) is 43.5 Å². The Hall–Kier alpha value is -3.80. The summed E-state index contributed by atoms with van der Waals surface area (Å²) in [6.07, 6.45) is 0. The van der Waals surface area contributed by atoms with E-state index in [0.717, 1.165) is 0 Å². The number of ether oxygens (including phenoxy) is 1. The number of methoxy groups -OCH3 is 1. The molecule has 3 aromatic carbocycles. The molecule has 1 heterocycles. The minimum Gasteiger partial charge on any atom is -0.507 e. The Morgan fingerprint density at radius 3 is 2.56 bits per heavy atom. The van der Waals surface area contributed by atoms with Gasteiger partial charge >= 0.3 is 0 Å². The maximum atomic E-state index is 12.3. The molecule has 0 bridgehead atoms. The van der Waals surface area contributed by atoms with Crippen molar-refractivity contribution in [3.63, 3.8) is 0 Å². The van der Waals surface area contributed by atoms with Crippen LogP contribution in [0, 0.1) is 0 Å². The number of aromatic nitrogens is 1. The Bertz CT molecular complexity index is 1080. The number of rotatable bonds is 4. The van der Waals surface area contributed by atoms with Gasteiger partial charge < -0.3 is 19.6 Å². The Morgan fingerprint density at radius 2 is 1.85 bits per heavy atom. The van der Waals surface area contributed by atoms with Crippen molar-refractivity contribution in [2.45, 2.75) is 0 Å². The first-order valence-corrected chi connectivity index (χ1v) is 8.28. The summed E-state index contributed by atoms with van der Waals surface area (Å²) in [6, 6.07) is 18.9. The maximum absolute atomic E-state index is 12.3. The van der Waals surface area contributed by atoms with E-state index in [9.17, 15) is 9.90 Å². The molecular weight excluding hydrogens is 344 g/mol. The summed E-state index contributed by atoms with van der Waals surface area (Å²) in [5.74, 6) is 0.675. The molecule has 1 aromatic heterocycles. The lowest BCUT2D eigenvalue weighted by molar-refractivity contribution is 0.102. The van der Waals surface area contributed by atoms with E-state index < -0.39 is 0 Å². The predicted octanol–water partition coefficient (Wildman–Crippen LogP) is 4.46. The zero-order valence-electron chi connectivity index (χ0n) is 14.5. The molecule has 0 radical (unpaired) electrons. The Kier molecular flexibility index (Phi) is 4.22. The number of carbonyl (C=O) groups excluding carboxylic acids is 1. The first kappa shape index (κ1) is 16.7. The van der Waals surface area contributed by atoms with Gasteiger partial charge in [0.1, 0.15) is 17.0 Å². The number of nitrogens with zero attached hydrogens (tertiary/aromatic N) is 1. The van der Waals surface area contributed by atoms with Crippen LogP contribution in [0.25, 0.3) is 22.6 Å². The molecule has 0 saturated carbocycles. The number of fused-ring (bicyclic) bond motifs is 1. The number of phenolic OH excluding ortho intramolecular Hbond substituents is 1. The molecule has 0 spiro atoms. The van der Waals surface area contributed by atoms with Crippen LogP contribution >= 0.6 is 0 Å². The molecule has 27 heavy (non-hydrogen) atoms. The third kappa shape index (κ3) is 3.32. The number of carbonyl (C=O) groups is 1. The fourth-order valence-corrected chi connectivity index (χ4v) is 2.72. The van der Waals surface area contributed by atoms with E-state index in [1.165, 1.54) is 6.07 Å². The number of hydrogen-bond donors (Lipinski definition) is 2. The molecule has 0 aliphatic heterocycles. The van der Waals surface area contributed by atoms with Crippen LogP contribution in [0.1, 0.15) is 10.4 Å². The van der Waals surface area contributed by atoms with Crippen LogP contribution in [-0.4, -0.2) is 23.1 Å². The number of para-hydroxylation sites is 2. The van der Waals surface area contributed by atoms with E-state index in [4.69, 9.17) is 9.15 Å². The third-order valence-electron chi connectivity index (χ3n) is 4.13. The van der Waals surface area contributed by atoms with Gasteiger partial charge in [-0.1, -0.05) is 12.1 Å². The Labute approximate surface area is 155 Å². The number of nitrogens with one attached hydrogen (secondary N) is 1. The highest BCUT2D eigenvalue weighted by atomic mass is 16.5. The Balaban J connectivity index is 1.56. The molecule has 0 atom stereocenters. The SMILES string of the molecule is COc1ccc(C(=O)Nc2ccc(-c3nc4ccccc4o3)c(O)c2)cc1. The third-order valence-corrected chi connectivity index (χ3v) is 4.13. The van der Waals surface area contributed by atoms with Crippen LogP contribution in [0.4, 0.5) is 5.69 Å². The summed E-state index contributed by atoms with van der Waals surface area (Å²) in [6.45, 7) is 0. The first-order chi connectivity index (χ1) is 13.1. The smallest absolute Gasteiger partial charge is 0.255 e.